The van der Waals surface area contributed by atoms with Gasteiger partial charge in [-0.25, -0.2) is 8.42 Å². The molecule has 1 atom stereocenters. The summed E-state index contributed by atoms with van der Waals surface area (Å²) in [7, 11) is -3.07. The maximum Gasteiger partial charge on any atom is 0.261 e. The van der Waals surface area contributed by atoms with Gasteiger partial charge in [-0.3, -0.25) is 4.79 Å². The molecule has 0 aliphatic carbocycles. The number of rotatable bonds is 4. The third-order valence-electron chi connectivity index (χ3n) is 3.29. The molecule has 1 aromatic heterocycles. The molecule has 5 nitrogen and oxygen atoms in total. The van der Waals surface area contributed by atoms with Crippen LogP contribution in [0.1, 0.15) is 33.0 Å². The second-order valence-corrected chi connectivity index (χ2v) is 8.68. The number of amides is 1. The van der Waals surface area contributed by atoms with E-state index in [0.29, 0.717) is 4.88 Å². The molecule has 0 radical (unpaired) electrons. The molecule has 0 saturated carbocycles. The second kappa shape index (κ2) is 6.24. The number of carbonyl (C=O) groups is 1. The molecular weight excluding hydrogens is 296 g/mol. The molecule has 0 unspecified atom stereocenters. The smallest absolute Gasteiger partial charge is 0.261 e. The van der Waals surface area contributed by atoms with Crippen molar-refractivity contribution in [3.63, 3.8) is 0 Å². The first-order chi connectivity index (χ1) is 9.35. The zero-order valence-corrected chi connectivity index (χ0v) is 13.4. The third-order valence-corrected chi connectivity index (χ3v) is 5.22. The molecule has 1 amide bonds. The van der Waals surface area contributed by atoms with Crippen molar-refractivity contribution < 1.29 is 13.2 Å². The first-order valence-corrected chi connectivity index (χ1v) is 9.51. The molecule has 2 heterocycles. The van der Waals surface area contributed by atoms with E-state index in [0.717, 1.165) is 36.4 Å². The van der Waals surface area contributed by atoms with Crippen LogP contribution in [-0.4, -0.2) is 39.7 Å². The molecule has 112 valence electrons. The van der Waals surface area contributed by atoms with Crippen molar-refractivity contribution in [3.8, 4) is 0 Å². The van der Waals surface area contributed by atoms with Gasteiger partial charge in [0, 0.05) is 23.7 Å². The summed E-state index contributed by atoms with van der Waals surface area (Å²) in [6, 6.07) is 1.86. The van der Waals surface area contributed by atoms with Crippen molar-refractivity contribution in [1.82, 2.24) is 10.6 Å². The van der Waals surface area contributed by atoms with E-state index in [1.54, 1.807) is 6.07 Å². The molecule has 0 aromatic carbocycles. The minimum Gasteiger partial charge on any atom is -0.347 e. The molecule has 1 aromatic rings. The number of hydrogen-bond acceptors (Lipinski definition) is 5. The normalized spacial score (nSPS) is 19.8. The van der Waals surface area contributed by atoms with Crippen LogP contribution in [0.25, 0.3) is 0 Å². The molecule has 20 heavy (non-hydrogen) atoms. The number of carbonyl (C=O) groups excluding carboxylic acids is 1. The van der Waals surface area contributed by atoms with Gasteiger partial charge in [0.2, 0.25) is 0 Å². The van der Waals surface area contributed by atoms with Crippen LogP contribution >= 0.6 is 11.3 Å². The highest BCUT2D eigenvalue weighted by molar-refractivity contribution is 7.89. The van der Waals surface area contributed by atoms with Crippen molar-refractivity contribution in [3.05, 3.63) is 21.4 Å². The van der Waals surface area contributed by atoms with E-state index in [1.807, 2.05) is 6.92 Å². The Balaban J connectivity index is 2.05. The summed E-state index contributed by atoms with van der Waals surface area (Å²) in [5.74, 6) is -0.111. The Bertz CT molecular complexity index is 587. The molecule has 1 saturated heterocycles. The van der Waals surface area contributed by atoms with Gasteiger partial charge in [0.1, 0.15) is 0 Å². The van der Waals surface area contributed by atoms with E-state index < -0.39 is 9.84 Å². The topological polar surface area (TPSA) is 75.3 Å². The molecule has 1 aliphatic heterocycles. The van der Waals surface area contributed by atoms with Gasteiger partial charge in [0.15, 0.2) is 9.84 Å². The molecular formula is C13H20N2O3S2. The number of nitrogens with one attached hydrogen (secondary N) is 2. The van der Waals surface area contributed by atoms with Crippen molar-refractivity contribution in [2.45, 2.75) is 31.6 Å². The highest BCUT2D eigenvalue weighted by atomic mass is 32.2. The summed E-state index contributed by atoms with van der Waals surface area (Å²) >= 11 is 1.35. The van der Waals surface area contributed by atoms with Crippen LogP contribution in [0.5, 0.6) is 0 Å². The van der Waals surface area contributed by atoms with Gasteiger partial charge in [-0.15, -0.1) is 11.3 Å². The monoisotopic (exact) mass is 316 g/mol. The molecule has 1 fully saturated rings. The van der Waals surface area contributed by atoms with Crippen molar-refractivity contribution >= 4 is 27.1 Å². The Morgan fingerprint density at radius 2 is 2.30 bits per heavy atom. The minimum absolute atomic E-state index is 0.00635. The standard InChI is InChI=1S/C13H20N2O3S2/c1-9-10(8-20(2,17)18)6-12(19-9)13(16)15-11-4-3-5-14-7-11/h6,11,14H,3-5,7-8H2,1-2H3,(H,15,16)/t11-/m0/s1. The van der Waals surface area contributed by atoms with Gasteiger partial charge in [-0.2, -0.15) is 0 Å². The van der Waals surface area contributed by atoms with Crippen LogP contribution in [0.15, 0.2) is 6.07 Å². The Morgan fingerprint density at radius 1 is 1.55 bits per heavy atom. The largest absolute Gasteiger partial charge is 0.347 e. The summed E-state index contributed by atoms with van der Waals surface area (Å²) in [6.45, 7) is 3.65. The van der Waals surface area contributed by atoms with Crippen LogP contribution in [0.3, 0.4) is 0 Å². The molecule has 1 aliphatic rings. The average Bonchev–Trinajstić information content (AvgIpc) is 2.70. The number of thiophene rings is 1. The number of hydrogen-bond donors (Lipinski definition) is 2. The molecule has 7 heteroatoms. The summed E-state index contributed by atoms with van der Waals surface area (Å²) < 4.78 is 22.7. The first-order valence-electron chi connectivity index (χ1n) is 6.64. The van der Waals surface area contributed by atoms with Gasteiger partial charge < -0.3 is 10.6 Å². The van der Waals surface area contributed by atoms with E-state index >= 15 is 0 Å². The van der Waals surface area contributed by atoms with E-state index in [9.17, 15) is 13.2 Å². The lowest BCUT2D eigenvalue weighted by Crippen LogP contribution is -2.45. The lowest BCUT2D eigenvalue weighted by molar-refractivity contribution is 0.0934. The number of piperidine rings is 1. The van der Waals surface area contributed by atoms with Crippen LogP contribution in [0.4, 0.5) is 0 Å². The Labute approximate surface area is 123 Å². The minimum atomic E-state index is -3.07. The fraction of sp³-hybridized carbons (Fsp3) is 0.615. The average molecular weight is 316 g/mol. The zero-order chi connectivity index (χ0) is 14.8. The first kappa shape index (κ1) is 15.5. The van der Waals surface area contributed by atoms with Crippen molar-refractivity contribution in [1.29, 1.82) is 0 Å². The Hall–Kier alpha value is -0.920. The maximum absolute atomic E-state index is 12.2. The highest BCUT2D eigenvalue weighted by Crippen LogP contribution is 2.23. The predicted molar refractivity (Wildman–Crippen MR) is 81.0 cm³/mol. The molecule has 2 rings (SSSR count). The van der Waals surface area contributed by atoms with E-state index in [1.165, 1.54) is 17.6 Å². The van der Waals surface area contributed by atoms with Crippen molar-refractivity contribution in [2.75, 3.05) is 19.3 Å². The zero-order valence-electron chi connectivity index (χ0n) is 11.7. The van der Waals surface area contributed by atoms with E-state index in [-0.39, 0.29) is 17.7 Å². The third kappa shape index (κ3) is 4.29. The van der Waals surface area contributed by atoms with E-state index in [4.69, 9.17) is 0 Å². The van der Waals surface area contributed by atoms with E-state index in [2.05, 4.69) is 10.6 Å². The molecule has 0 spiro atoms. The van der Waals surface area contributed by atoms with Gasteiger partial charge in [-0.1, -0.05) is 0 Å². The SMILES string of the molecule is Cc1sc(C(=O)N[C@H]2CCCNC2)cc1CS(C)(=O)=O. The van der Waals surface area contributed by atoms with Crippen LogP contribution < -0.4 is 10.6 Å². The summed E-state index contributed by atoms with van der Waals surface area (Å²) in [5.41, 5.74) is 0.726. The second-order valence-electron chi connectivity index (χ2n) is 5.28. The fourth-order valence-corrected chi connectivity index (χ4v) is 4.19. The summed E-state index contributed by atoms with van der Waals surface area (Å²) in [6.07, 6.45) is 3.25. The Kier molecular flexibility index (Phi) is 4.82. The summed E-state index contributed by atoms with van der Waals surface area (Å²) in [4.78, 5) is 13.6. The van der Waals surface area contributed by atoms with Crippen LogP contribution in [0.2, 0.25) is 0 Å². The van der Waals surface area contributed by atoms with Gasteiger partial charge in [-0.05, 0) is 37.9 Å². The van der Waals surface area contributed by atoms with Crippen molar-refractivity contribution in [2.24, 2.45) is 0 Å². The molecule has 0 bridgehead atoms. The van der Waals surface area contributed by atoms with Crippen LogP contribution in [0, 0.1) is 6.92 Å². The lowest BCUT2D eigenvalue weighted by Gasteiger charge is -2.23. The highest BCUT2D eigenvalue weighted by Gasteiger charge is 2.19. The maximum atomic E-state index is 12.2. The number of aryl methyl sites for hydroxylation is 1. The quantitative estimate of drug-likeness (QED) is 0.872. The summed E-state index contributed by atoms with van der Waals surface area (Å²) in [5, 5.41) is 6.25. The van der Waals surface area contributed by atoms with Gasteiger partial charge >= 0.3 is 0 Å². The Morgan fingerprint density at radius 3 is 2.90 bits per heavy atom. The number of sulfone groups is 1. The lowest BCUT2D eigenvalue weighted by atomic mass is 10.1. The molecule has 2 N–H and O–H groups in total. The predicted octanol–water partition coefficient (Wildman–Crippen LogP) is 1.08. The van der Waals surface area contributed by atoms with Gasteiger partial charge in [0.05, 0.1) is 10.6 Å². The van der Waals surface area contributed by atoms with Gasteiger partial charge in [0.25, 0.3) is 5.91 Å². The fourth-order valence-electron chi connectivity index (χ4n) is 2.29. The van der Waals surface area contributed by atoms with Crippen LogP contribution in [-0.2, 0) is 15.6 Å².